The zero-order valence-electron chi connectivity index (χ0n) is 11.2. The van der Waals surface area contributed by atoms with Crippen LogP contribution in [0.3, 0.4) is 0 Å². The molecule has 0 fully saturated rings. The van der Waals surface area contributed by atoms with Gasteiger partial charge in [0, 0.05) is 22.5 Å². The molecule has 1 aromatic heterocycles. The first kappa shape index (κ1) is 11.4. The van der Waals surface area contributed by atoms with Crippen LogP contribution in [-0.2, 0) is 6.42 Å². The standard InChI is InChI=1S/C18H16N2/c19-15-10-6-12-17-18(15)14-9-4-5-11-16(14)20(17)13-7-2-1-3-8-13/h1-3,5-8,10-12H,4,9,19H2. The van der Waals surface area contributed by atoms with E-state index in [1.165, 1.54) is 27.8 Å². The quantitative estimate of drug-likeness (QED) is 0.654. The summed E-state index contributed by atoms with van der Waals surface area (Å²) in [5.41, 5.74) is 12.2. The third-order valence-corrected chi connectivity index (χ3v) is 4.02. The van der Waals surface area contributed by atoms with E-state index in [4.69, 9.17) is 5.73 Å². The number of aryl methyl sites for hydroxylation is 1. The lowest BCUT2D eigenvalue weighted by Gasteiger charge is -2.11. The summed E-state index contributed by atoms with van der Waals surface area (Å²) in [4.78, 5) is 0. The molecule has 0 unspecified atom stereocenters. The van der Waals surface area contributed by atoms with Crippen molar-refractivity contribution in [2.75, 3.05) is 5.73 Å². The van der Waals surface area contributed by atoms with E-state index in [-0.39, 0.29) is 0 Å². The number of hydrogen-bond acceptors (Lipinski definition) is 1. The number of para-hydroxylation sites is 1. The van der Waals surface area contributed by atoms with Crippen molar-refractivity contribution in [3.05, 3.63) is 65.9 Å². The van der Waals surface area contributed by atoms with Gasteiger partial charge >= 0.3 is 0 Å². The Balaban J connectivity index is 2.16. The number of anilines is 1. The van der Waals surface area contributed by atoms with E-state index >= 15 is 0 Å². The topological polar surface area (TPSA) is 30.9 Å². The number of nitrogen functional groups attached to an aromatic ring is 1. The van der Waals surface area contributed by atoms with Crippen molar-refractivity contribution < 1.29 is 0 Å². The summed E-state index contributed by atoms with van der Waals surface area (Å²) in [7, 11) is 0. The largest absolute Gasteiger partial charge is 0.398 e. The lowest BCUT2D eigenvalue weighted by atomic mass is 10.00. The monoisotopic (exact) mass is 260 g/mol. The van der Waals surface area contributed by atoms with Gasteiger partial charge in [-0.2, -0.15) is 0 Å². The molecule has 3 aromatic rings. The van der Waals surface area contributed by atoms with Gasteiger partial charge in [-0.15, -0.1) is 0 Å². The minimum absolute atomic E-state index is 0.878. The highest BCUT2D eigenvalue weighted by Crippen LogP contribution is 2.36. The number of allylic oxidation sites excluding steroid dienone is 1. The highest BCUT2D eigenvalue weighted by atomic mass is 15.0. The maximum Gasteiger partial charge on any atom is 0.0558 e. The molecule has 20 heavy (non-hydrogen) atoms. The van der Waals surface area contributed by atoms with Crippen LogP contribution in [0.25, 0.3) is 22.7 Å². The van der Waals surface area contributed by atoms with Crippen molar-refractivity contribution in [1.29, 1.82) is 0 Å². The molecule has 98 valence electrons. The molecule has 0 atom stereocenters. The molecule has 1 heterocycles. The lowest BCUT2D eigenvalue weighted by molar-refractivity contribution is 0.968. The Bertz CT molecular complexity index is 810. The van der Waals surface area contributed by atoms with E-state index < -0.39 is 0 Å². The zero-order chi connectivity index (χ0) is 13.5. The van der Waals surface area contributed by atoms with Gasteiger partial charge in [0.15, 0.2) is 0 Å². The maximum absolute atomic E-state index is 6.23. The Morgan fingerprint density at radius 3 is 2.65 bits per heavy atom. The molecule has 2 aromatic carbocycles. The van der Waals surface area contributed by atoms with Crippen molar-refractivity contribution >= 4 is 22.7 Å². The van der Waals surface area contributed by atoms with Crippen molar-refractivity contribution in [2.45, 2.75) is 12.8 Å². The molecule has 2 nitrogen and oxygen atoms in total. The summed E-state index contributed by atoms with van der Waals surface area (Å²) >= 11 is 0. The summed E-state index contributed by atoms with van der Waals surface area (Å²) < 4.78 is 2.32. The second kappa shape index (κ2) is 4.27. The fraction of sp³-hybridized carbons (Fsp3) is 0.111. The fourth-order valence-corrected chi connectivity index (χ4v) is 3.17. The first-order valence-corrected chi connectivity index (χ1v) is 7.00. The molecular formula is C18H16N2. The molecule has 0 radical (unpaired) electrons. The van der Waals surface area contributed by atoms with Gasteiger partial charge in [-0.1, -0.05) is 30.3 Å². The van der Waals surface area contributed by atoms with Crippen molar-refractivity contribution in [3.8, 4) is 5.69 Å². The molecule has 2 heteroatoms. The first-order chi connectivity index (χ1) is 9.86. The summed E-state index contributed by atoms with van der Waals surface area (Å²) in [6, 6.07) is 16.7. The summed E-state index contributed by atoms with van der Waals surface area (Å²) in [6.07, 6.45) is 6.63. The number of nitrogens with two attached hydrogens (primary N) is 1. The van der Waals surface area contributed by atoms with E-state index in [2.05, 4.69) is 47.1 Å². The average molecular weight is 260 g/mol. The lowest BCUT2D eigenvalue weighted by Crippen LogP contribution is -1.99. The molecule has 1 aliphatic carbocycles. The molecule has 2 N–H and O–H groups in total. The van der Waals surface area contributed by atoms with Gasteiger partial charge in [-0.05, 0) is 48.7 Å². The smallest absolute Gasteiger partial charge is 0.0558 e. The minimum atomic E-state index is 0.878. The first-order valence-electron chi connectivity index (χ1n) is 7.00. The zero-order valence-corrected chi connectivity index (χ0v) is 11.2. The van der Waals surface area contributed by atoms with Crippen LogP contribution in [0.1, 0.15) is 17.7 Å². The number of rotatable bonds is 1. The van der Waals surface area contributed by atoms with Crippen LogP contribution >= 0.6 is 0 Å². The normalized spacial score (nSPS) is 13.6. The summed E-state index contributed by atoms with van der Waals surface area (Å²) in [6.45, 7) is 0. The molecule has 0 saturated heterocycles. The Hall–Kier alpha value is -2.48. The van der Waals surface area contributed by atoms with E-state index in [1.54, 1.807) is 0 Å². The fourth-order valence-electron chi connectivity index (χ4n) is 3.17. The van der Waals surface area contributed by atoms with Crippen LogP contribution in [0.15, 0.2) is 54.6 Å². The molecule has 0 amide bonds. The Kier molecular flexibility index (Phi) is 2.43. The molecular weight excluding hydrogens is 244 g/mol. The van der Waals surface area contributed by atoms with Gasteiger partial charge in [0.2, 0.25) is 0 Å². The molecule has 1 aliphatic rings. The second-order valence-corrected chi connectivity index (χ2v) is 5.22. The van der Waals surface area contributed by atoms with E-state index in [1.807, 2.05) is 18.2 Å². The van der Waals surface area contributed by atoms with E-state index in [9.17, 15) is 0 Å². The van der Waals surface area contributed by atoms with Gasteiger partial charge < -0.3 is 10.3 Å². The highest BCUT2D eigenvalue weighted by Gasteiger charge is 2.19. The van der Waals surface area contributed by atoms with E-state index in [0.29, 0.717) is 0 Å². The molecule has 0 spiro atoms. The third kappa shape index (κ3) is 1.51. The molecule has 0 aliphatic heterocycles. The highest BCUT2D eigenvalue weighted by molar-refractivity contribution is 5.98. The van der Waals surface area contributed by atoms with Crippen molar-refractivity contribution in [3.63, 3.8) is 0 Å². The van der Waals surface area contributed by atoms with Crippen LogP contribution in [0.2, 0.25) is 0 Å². The van der Waals surface area contributed by atoms with Gasteiger partial charge in [0.1, 0.15) is 0 Å². The van der Waals surface area contributed by atoms with Crippen LogP contribution in [0.4, 0.5) is 5.69 Å². The number of hydrogen-bond donors (Lipinski definition) is 1. The third-order valence-electron chi connectivity index (χ3n) is 4.02. The SMILES string of the molecule is Nc1cccc2c1c1c(n2-c2ccccc2)C=CCC1. The minimum Gasteiger partial charge on any atom is -0.398 e. The number of fused-ring (bicyclic) bond motifs is 3. The van der Waals surface area contributed by atoms with Crippen molar-refractivity contribution in [1.82, 2.24) is 4.57 Å². The summed E-state index contributed by atoms with van der Waals surface area (Å²) in [5, 5.41) is 1.22. The molecule has 0 bridgehead atoms. The Morgan fingerprint density at radius 2 is 1.80 bits per heavy atom. The Labute approximate surface area is 118 Å². The predicted octanol–water partition coefficient (Wildman–Crippen LogP) is 4.17. The van der Waals surface area contributed by atoms with Gasteiger partial charge in [0.05, 0.1) is 5.52 Å². The number of nitrogens with zero attached hydrogens (tertiary/aromatic N) is 1. The van der Waals surface area contributed by atoms with Gasteiger partial charge in [-0.25, -0.2) is 0 Å². The van der Waals surface area contributed by atoms with Gasteiger partial charge in [-0.3, -0.25) is 0 Å². The number of aromatic nitrogens is 1. The molecule has 4 rings (SSSR count). The van der Waals surface area contributed by atoms with Gasteiger partial charge in [0.25, 0.3) is 0 Å². The average Bonchev–Trinajstić information content (AvgIpc) is 2.84. The second-order valence-electron chi connectivity index (χ2n) is 5.22. The van der Waals surface area contributed by atoms with Crippen molar-refractivity contribution in [2.24, 2.45) is 0 Å². The van der Waals surface area contributed by atoms with Crippen LogP contribution in [-0.4, -0.2) is 4.57 Å². The predicted molar refractivity (Wildman–Crippen MR) is 85.0 cm³/mol. The maximum atomic E-state index is 6.23. The summed E-state index contributed by atoms with van der Waals surface area (Å²) in [5.74, 6) is 0. The van der Waals surface area contributed by atoms with Crippen LogP contribution < -0.4 is 5.73 Å². The number of benzene rings is 2. The molecule has 0 saturated carbocycles. The van der Waals surface area contributed by atoms with E-state index in [0.717, 1.165) is 18.5 Å². The van der Waals surface area contributed by atoms with Crippen LogP contribution in [0, 0.1) is 0 Å². The van der Waals surface area contributed by atoms with Crippen LogP contribution in [0.5, 0.6) is 0 Å². The Morgan fingerprint density at radius 1 is 0.950 bits per heavy atom.